The van der Waals surface area contributed by atoms with E-state index in [1.54, 1.807) is 0 Å². The van der Waals surface area contributed by atoms with E-state index >= 15 is 0 Å². The maximum Gasteiger partial charge on any atom is 0.272 e. The lowest BCUT2D eigenvalue weighted by Gasteiger charge is -2.14. The number of amides is 1. The second-order valence-corrected chi connectivity index (χ2v) is 6.36. The van der Waals surface area contributed by atoms with Crippen LogP contribution in [0, 0.1) is 0 Å². The quantitative estimate of drug-likeness (QED) is 0.642. The number of rotatable bonds is 5. The van der Waals surface area contributed by atoms with Gasteiger partial charge in [0.2, 0.25) is 5.89 Å². The molecule has 1 aromatic carbocycles. The molecular weight excluding hydrogens is 332 g/mol. The highest BCUT2D eigenvalue weighted by atomic mass is 16.5. The molecule has 3 N–H and O–H groups in total. The minimum absolute atomic E-state index is 0.242. The van der Waals surface area contributed by atoms with E-state index in [9.17, 15) is 4.79 Å². The van der Waals surface area contributed by atoms with Crippen LogP contribution >= 0.6 is 0 Å². The van der Waals surface area contributed by atoms with Gasteiger partial charge >= 0.3 is 0 Å². The fraction of sp³-hybridized carbons (Fsp3) is 0.333. The fourth-order valence-electron chi connectivity index (χ4n) is 3.03. The summed E-state index contributed by atoms with van der Waals surface area (Å²) < 4.78 is 5.31. The number of aromatic amines is 1. The zero-order valence-electron chi connectivity index (χ0n) is 14.5. The van der Waals surface area contributed by atoms with Crippen molar-refractivity contribution in [2.75, 3.05) is 6.54 Å². The average molecular weight is 352 g/mol. The second kappa shape index (κ2) is 7.09. The third-order valence-electron chi connectivity index (χ3n) is 4.44. The molecule has 4 rings (SSSR count). The molecule has 134 valence electrons. The van der Waals surface area contributed by atoms with Gasteiger partial charge in [-0.25, -0.2) is 0 Å². The van der Waals surface area contributed by atoms with E-state index in [1.165, 1.54) is 0 Å². The SMILES string of the molecule is CC(NC(=O)c1n[nH]c2c1CNCC2)c1noc(Cc2ccccc2)n1. The summed E-state index contributed by atoms with van der Waals surface area (Å²) in [6.07, 6.45) is 1.41. The molecule has 8 heteroatoms. The Morgan fingerprint density at radius 2 is 2.19 bits per heavy atom. The zero-order valence-corrected chi connectivity index (χ0v) is 14.5. The lowest BCUT2D eigenvalue weighted by atomic mass is 10.1. The van der Waals surface area contributed by atoms with Gasteiger partial charge in [0.25, 0.3) is 5.91 Å². The van der Waals surface area contributed by atoms with Gasteiger partial charge in [-0.1, -0.05) is 35.5 Å². The van der Waals surface area contributed by atoms with Crippen molar-refractivity contribution in [2.24, 2.45) is 0 Å². The molecule has 3 heterocycles. The third-order valence-corrected chi connectivity index (χ3v) is 4.44. The molecule has 0 radical (unpaired) electrons. The predicted octanol–water partition coefficient (Wildman–Crippen LogP) is 1.52. The van der Waals surface area contributed by atoms with Gasteiger partial charge in [-0.05, 0) is 12.5 Å². The summed E-state index contributed by atoms with van der Waals surface area (Å²) in [5, 5.41) is 17.3. The van der Waals surface area contributed by atoms with E-state index in [0.29, 0.717) is 30.4 Å². The summed E-state index contributed by atoms with van der Waals surface area (Å²) in [7, 11) is 0. The molecule has 0 bridgehead atoms. The molecule has 2 aromatic heterocycles. The zero-order chi connectivity index (χ0) is 17.9. The van der Waals surface area contributed by atoms with Crippen LogP contribution in [0.25, 0.3) is 0 Å². The molecule has 3 aromatic rings. The van der Waals surface area contributed by atoms with Crippen molar-refractivity contribution in [2.45, 2.75) is 32.4 Å². The smallest absolute Gasteiger partial charge is 0.272 e. The number of carbonyl (C=O) groups is 1. The first-order chi connectivity index (χ1) is 12.7. The molecule has 1 aliphatic rings. The van der Waals surface area contributed by atoms with E-state index in [-0.39, 0.29) is 11.9 Å². The summed E-state index contributed by atoms with van der Waals surface area (Å²) >= 11 is 0. The van der Waals surface area contributed by atoms with Crippen molar-refractivity contribution in [1.82, 2.24) is 31.0 Å². The van der Waals surface area contributed by atoms with Gasteiger partial charge in [-0.15, -0.1) is 0 Å². The Morgan fingerprint density at radius 3 is 3.04 bits per heavy atom. The fourth-order valence-corrected chi connectivity index (χ4v) is 3.03. The molecule has 8 nitrogen and oxygen atoms in total. The summed E-state index contributed by atoms with van der Waals surface area (Å²) in [5.41, 5.74) is 3.46. The van der Waals surface area contributed by atoms with Gasteiger partial charge < -0.3 is 15.2 Å². The van der Waals surface area contributed by atoms with Crippen LogP contribution in [0.15, 0.2) is 34.9 Å². The molecule has 1 amide bonds. The summed E-state index contributed by atoms with van der Waals surface area (Å²) in [6.45, 7) is 3.36. The number of fused-ring (bicyclic) bond motifs is 1. The van der Waals surface area contributed by atoms with E-state index in [0.717, 1.165) is 29.8 Å². The van der Waals surface area contributed by atoms with Crippen LogP contribution in [-0.4, -0.2) is 32.8 Å². The Balaban J connectivity index is 1.43. The summed E-state index contributed by atoms with van der Waals surface area (Å²) in [6, 6.07) is 9.53. The number of nitrogens with one attached hydrogen (secondary N) is 3. The number of aromatic nitrogens is 4. The van der Waals surface area contributed by atoms with Gasteiger partial charge in [0.15, 0.2) is 11.5 Å². The average Bonchev–Trinajstić information content (AvgIpc) is 3.29. The molecule has 1 unspecified atom stereocenters. The molecule has 1 aliphatic heterocycles. The lowest BCUT2D eigenvalue weighted by molar-refractivity contribution is 0.0931. The number of hydrogen-bond donors (Lipinski definition) is 3. The van der Waals surface area contributed by atoms with Crippen LogP contribution in [-0.2, 0) is 19.4 Å². The van der Waals surface area contributed by atoms with Crippen LogP contribution in [0.1, 0.15) is 52.0 Å². The summed E-state index contributed by atoms with van der Waals surface area (Å²) in [4.78, 5) is 16.9. The van der Waals surface area contributed by atoms with Gasteiger partial charge in [0.1, 0.15) is 0 Å². The largest absolute Gasteiger partial charge is 0.341 e. The van der Waals surface area contributed by atoms with E-state index in [4.69, 9.17) is 4.52 Å². The number of hydrogen-bond acceptors (Lipinski definition) is 6. The maximum atomic E-state index is 12.6. The van der Waals surface area contributed by atoms with Crippen molar-refractivity contribution in [3.63, 3.8) is 0 Å². The van der Waals surface area contributed by atoms with Gasteiger partial charge in [0, 0.05) is 30.8 Å². The highest BCUT2D eigenvalue weighted by Crippen LogP contribution is 2.17. The third kappa shape index (κ3) is 3.36. The number of H-pyrrole nitrogens is 1. The van der Waals surface area contributed by atoms with Crippen molar-refractivity contribution in [1.29, 1.82) is 0 Å². The lowest BCUT2D eigenvalue weighted by Crippen LogP contribution is -2.30. The van der Waals surface area contributed by atoms with Gasteiger partial charge in [0.05, 0.1) is 12.5 Å². The Bertz CT molecular complexity index is 902. The van der Waals surface area contributed by atoms with E-state index in [1.807, 2.05) is 37.3 Å². The molecule has 0 saturated carbocycles. The van der Waals surface area contributed by atoms with Crippen molar-refractivity contribution in [3.05, 3.63) is 64.6 Å². The predicted molar refractivity (Wildman–Crippen MR) is 93.4 cm³/mol. The normalized spacial score (nSPS) is 14.7. The molecular formula is C18H20N6O2. The van der Waals surface area contributed by atoms with Crippen LogP contribution < -0.4 is 10.6 Å². The first-order valence-corrected chi connectivity index (χ1v) is 8.65. The van der Waals surface area contributed by atoms with Crippen molar-refractivity contribution < 1.29 is 9.32 Å². The number of carbonyl (C=O) groups excluding carboxylic acids is 1. The van der Waals surface area contributed by atoms with Crippen LogP contribution in [0.3, 0.4) is 0 Å². The second-order valence-electron chi connectivity index (χ2n) is 6.36. The standard InChI is InChI=1S/C18H20N6O2/c1-11(17-21-15(26-24-17)9-12-5-3-2-4-6-12)20-18(25)16-13-10-19-8-7-14(13)22-23-16/h2-6,11,19H,7-10H2,1H3,(H,20,25)(H,22,23). The Labute approximate surface area is 150 Å². The Hall–Kier alpha value is -3.00. The first kappa shape index (κ1) is 16.5. The number of nitrogens with zero attached hydrogens (tertiary/aromatic N) is 3. The highest BCUT2D eigenvalue weighted by Gasteiger charge is 2.24. The molecule has 0 aliphatic carbocycles. The van der Waals surface area contributed by atoms with Crippen LogP contribution in [0.5, 0.6) is 0 Å². The maximum absolute atomic E-state index is 12.6. The van der Waals surface area contributed by atoms with Gasteiger partial charge in [-0.2, -0.15) is 10.1 Å². The van der Waals surface area contributed by atoms with E-state index in [2.05, 4.69) is 31.0 Å². The highest BCUT2D eigenvalue weighted by molar-refractivity contribution is 5.94. The van der Waals surface area contributed by atoms with Crippen LogP contribution in [0.2, 0.25) is 0 Å². The molecule has 0 saturated heterocycles. The molecule has 0 spiro atoms. The van der Waals surface area contributed by atoms with Crippen molar-refractivity contribution >= 4 is 5.91 Å². The van der Waals surface area contributed by atoms with Crippen molar-refractivity contribution in [3.8, 4) is 0 Å². The van der Waals surface area contributed by atoms with Crippen LogP contribution in [0.4, 0.5) is 0 Å². The first-order valence-electron chi connectivity index (χ1n) is 8.65. The minimum atomic E-state index is -0.375. The minimum Gasteiger partial charge on any atom is -0.341 e. The Morgan fingerprint density at radius 1 is 1.35 bits per heavy atom. The molecule has 1 atom stereocenters. The Kier molecular flexibility index (Phi) is 4.49. The molecule has 0 fully saturated rings. The topological polar surface area (TPSA) is 109 Å². The molecule has 26 heavy (non-hydrogen) atoms. The van der Waals surface area contributed by atoms with Gasteiger partial charge in [-0.3, -0.25) is 9.89 Å². The summed E-state index contributed by atoms with van der Waals surface area (Å²) in [5.74, 6) is 0.730. The van der Waals surface area contributed by atoms with E-state index < -0.39 is 0 Å². The number of benzene rings is 1. The monoisotopic (exact) mass is 352 g/mol.